The number of halogens is 2. The number of carbonyl (C=O) groups excluding carboxylic acids is 1. The maximum Gasteiger partial charge on any atom is 0.220 e. The molecular formula is C15H22F2N2O. The summed E-state index contributed by atoms with van der Waals surface area (Å²) in [5.74, 6) is -1.41. The average molecular weight is 284 g/mol. The first-order chi connectivity index (χ1) is 9.43. The molecule has 1 aromatic carbocycles. The number of benzene rings is 1. The van der Waals surface area contributed by atoms with Gasteiger partial charge in [-0.25, -0.2) is 8.78 Å². The van der Waals surface area contributed by atoms with E-state index in [2.05, 4.69) is 5.32 Å². The summed E-state index contributed by atoms with van der Waals surface area (Å²) in [4.78, 5) is 11.8. The van der Waals surface area contributed by atoms with Crippen LogP contribution in [-0.4, -0.2) is 11.9 Å². The second-order valence-corrected chi connectivity index (χ2v) is 5.09. The van der Waals surface area contributed by atoms with E-state index in [0.717, 1.165) is 12.5 Å². The molecule has 0 aliphatic carbocycles. The molecule has 1 amide bonds. The third-order valence-electron chi connectivity index (χ3n) is 3.08. The fourth-order valence-corrected chi connectivity index (χ4v) is 2.00. The minimum atomic E-state index is -0.629. The van der Waals surface area contributed by atoms with Gasteiger partial charge in [0.05, 0.1) is 6.04 Å². The predicted molar refractivity (Wildman–Crippen MR) is 75.0 cm³/mol. The molecule has 112 valence electrons. The highest BCUT2D eigenvalue weighted by atomic mass is 19.1. The fourth-order valence-electron chi connectivity index (χ4n) is 2.00. The number of amides is 1. The maximum absolute atomic E-state index is 13.8. The molecule has 0 aliphatic rings. The summed E-state index contributed by atoms with van der Waals surface area (Å²) in [5, 5.41) is 2.79. The summed E-state index contributed by atoms with van der Waals surface area (Å²) < 4.78 is 26.7. The van der Waals surface area contributed by atoms with Gasteiger partial charge in [-0.1, -0.05) is 19.4 Å². The number of nitrogens with two attached hydrogens (primary N) is 1. The third-order valence-corrected chi connectivity index (χ3v) is 3.08. The van der Waals surface area contributed by atoms with Gasteiger partial charge in [0.25, 0.3) is 0 Å². The smallest absolute Gasteiger partial charge is 0.220 e. The van der Waals surface area contributed by atoms with Crippen LogP contribution >= 0.6 is 0 Å². The van der Waals surface area contributed by atoms with E-state index in [9.17, 15) is 13.6 Å². The molecule has 3 nitrogen and oxygen atoms in total. The lowest BCUT2D eigenvalue weighted by atomic mass is 10.0. The topological polar surface area (TPSA) is 55.1 Å². The average Bonchev–Trinajstić information content (AvgIpc) is 2.36. The molecule has 0 spiro atoms. The van der Waals surface area contributed by atoms with Crippen LogP contribution in [0.1, 0.15) is 51.1 Å². The molecule has 0 saturated carbocycles. The van der Waals surface area contributed by atoms with Crippen molar-refractivity contribution in [1.29, 1.82) is 0 Å². The number of nitrogens with one attached hydrogen (secondary N) is 1. The van der Waals surface area contributed by atoms with Crippen molar-refractivity contribution in [2.24, 2.45) is 5.73 Å². The molecular weight excluding hydrogens is 262 g/mol. The highest BCUT2D eigenvalue weighted by Gasteiger charge is 2.18. The summed E-state index contributed by atoms with van der Waals surface area (Å²) in [7, 11) is 0. The van der Waals surface area contributed by atoms with Crippen molar-refractivity contribution in [2.45, 2.75) is 51.6 Å². The Morgan fingerprint density at radius 1 is 1.35 bits per heavy atom. The van der Waals surface area contributed by atoms with Crippen LogP contribution in [0, 0.1) is 11.6 Å². The van der Waals surface area contributed by atoms with E-state index in [1.807, 2.05) is 13.8 Å². The van der Waals surface area contributed by atoms with E-state index in [4.69, 9.17) is 5.73 Å². The first-order valence-electron chi connectivity index (χ1n) is 6.94. The first-order valence-corrected chi connectivity index (χ1v) is 6.94. The molecule has 0 bridgehead atoms. The van der Waals surface area contributed by atoms with Crippen LogP contribution in [0.4, 0.5) is 8.78 Å². The molecule has 0 heterocycles. The van der Waals surface area contributed by atoms with Gasteiger partial charge >= 0.3 is 0 Å². The summed E-state index contributed by atoms with van der Waals surface area (Å²) in [5.41, 5.74) is 5.92. The van der Waals surface area contributed by atoms with Crippen LogP contribution in [0.5, 0.6) is 0 Å². The Balaban J connectivity index is 2.75. The van der Waals surface area contributed by atoms with Crippen LogP contribution in [0.25, 0.3) is 0 Å². The van der Waals surface area contributed by atoms with Crippen molar-refractivity contribution >= 4 is 5.91 Å². The summed E-state index contributed by atoms with van der Waals surface area (Å²) in [6.45, 7) is 3.78. The lowest BCUT2D eigenvalue weighted by Gasteiger charge is -2.19. The van der Waals surface area contributed by atoms with Gasteiger partial charge in [-0.05, 0) is 25.8 Å². The zero-order valence-corrected chi connectivity index (χ0v) is 12.0. The minimum absolute atomic E-state index is 0.0482. The number of hydrogen-bond donors (Lipinski definition) is 2. The Morgan fingerprint density at radius 2 is 2.05 bits per heavy atom. The Kier molecular flexibility index (Phi) is 6.58. The van der Waals surface area contributed by atoms with Crippen molar-refractivity contribution < 1.29 is 13.6 Å². The summed E-state index contributed by atoms with van der Waals surface area (Å²) >= 11 is 0. The highest BCUT2D eigenvalue weighted by Crippen LogP contribution is 2.22. The first kappa shape index (κ1) is 16.6. The molecule has 0 saturated heterocycles. The summed E-state index contributed by atoms with van der Waals surface area (Å²) in [6, 6.07) is 2.95. The van der Waals surface area contributed by atoms with Crippen LogP contribution in [0.2, 0.25) is 0 Å². The van der Waals surface area contributed by atoms with Crippen molar-refractivity contribution in [3.8, 4) is 0 Å². The van der Waals surface area contributed by atoms with E-state index in [1.54, 1.807) is 0 Å². The highest BCUT2D eigenvalue weighted by molar-refractivity contribution is 5.76. The lowest BCUT2D eigenvalue weighted by Crippen LogP contribution is -2.30. The molecule has 1 aromatic rings. The third kappa shape index (κ3) is 5.25. The van der Waals surface area contributed by atoms with Gasteiger partial charge in [0, 0.05) is 24.1 Å². The molecule has 0 aliphatic heterocycles. The van der Waals surface area contributed by atoms with E-state index in [1.165, 1.54) is 12.1 Å². The Labute approximate surface area is 118 Å². The second kappa shape index (κ2) is 7.94. The van der Waals surface area contributed by atoms with Gasteiger partial charge in [-0.3, -0.25) is 4.79 Å². The molecule has 0 aromatic heterocycles. The van der Waals surface area contributed by atoms with Crippen molar-refractivity contribution in [1.82, 2.24) is 5.32 Å². The normalized spacial score (nSPS) is 13.8. The van der Waals surface area contributed by atoms with Gasteiger partial charge in [-0.2, -0.15) is 0 Å². The SMILES string of the molecule is CCCC(NC(=O)CCC(C)N)c1ccc(F)cc1F. The van der Waals surface area contributed by atoms with Gasteiger partial charge < -0.3 is 11.1 Å². The van der Waals surface area contributed by atoms with E-state index < -0.39 is 17.7 Å². The molecule has 3 N–H and O–H groups in total. The molecule has 1 rings (SSSR count). The zero-order valence-electron chi connectivity index (χ0n) is 12.0. The van der Waals surface area contributed by atoms with Gasteiger partial charge in [0.15, 0.2) is 0 Å². The van der Waals surface area contributed by atoms with E-state index in [-0.39, 0.29) is 11.9 Å². The predicted octanol–water partition coefficient (Wildman–Crippen LogP) is 3.05. The van der Waals surface area contributed by atoms with Crippen LogP contribution in [-0.2, 0) is 4.79 Å². The minimum Gasteiger partial charge on any atom is -0.349 e. The Hall–Kier alpha value is -1.49. The lowest BCUT2D eigenvalue weighted by molar-refractivity contribution is -0.122. The Morgan fingerprint density at radius 3 is 2.60 bits per heavy atom. The second-order valence-electron chi connectivity index (χ2n) is 5.09. The van der Waals surface area contributed by atoms with Crippen molar-refractivity contribution in [3.63, 3.8) is 0 Å². The Bertz CT molecular complexity index is 449. The monoisotopic (exact) mass is 284 g/mol. The van der Waals surface area contributed by atoms with Crippen LogP contribution in [0.3, 0.4) is 0 Å². The summed E-state index contributed by atoms with van der Waals surface area (Å²) in [6.07, 6.45) is 2.28. The van der Waals surface area contributed by atoms with Crippen LogP contribution in [0.15, 0.2) is 18.2 Å². The molecule has 2 unspecified atom stereocenters. The van der Waals surface area contributed by atoms with Gasteiger partial charge in [0.2, 0.25) is 5.91 Å². The fraction of sp³-hybridized carbons (Fsp3) is 0.533. The van der Waals surface area contributed by atoms with Gasteiger partial charge in [-0.15, -0.1) is 0 Å². The van der Waals surface area contributed by atoms with E-state index >= 15 is 0 Å². The molecule has 0 fully saturated rings. The molecule has 2 atom stereocenters. The number of rotatable bonds is 7. The van der Waals surface area contributed by atoms with Crippen molar-refractivity contribution in [2.75, 3.05) is 0 Å². The van der Waals surface area contributed by atoms with E-state index in [0.29, 0.717) is 24.8 Å². The number of hydrogen-bond acceptors (Lipinski definition) is 2. The maximum atomic E-state index is 13.8. The molecule has 20 heavy (non-hydrogen) atoms. The quantitative estimate of drug-likeness (QED) is 0.808. The largest absolute Gasteiger partial charge is 0.349 e. The number of carbonyl (C=O) groups is 1. The standard InChI is InChI=1S/C15H22F2N2O/c1-3-4-14(19-15(20)8-5-10(2)18)12-7-6-11(16)9-13(12)17/h6-7,9-10,14H,3-5,8,18H2,1-2H3,(H,19,20). The van der Waals surface area contributed by atoms with Gasteiger partial charge in [0.1, 0.15) is 11.6 Å². The molecule has 5 heteroatoms. The van der Waals surface area contributed by atoms with Crippen molar-refractivity contribution in [3.05, 3.63) is 35.4 Å². The molecule has 0 radical (unpaired) electrons. The zero-order chi connectivity index (χ0) is 15.1. The van der Waals surface area contributed by atoms with Crippen LogP contribution < -0.4 is 11.1 Å².